The zero-order chi connectivity index (χ0) is 10.6. The van der Waals surface area contributed by atoms with Crippen molar-refractivity contribution >= 4 is 5.91 Å². The quantitative estimate of drug-likeness (QED) is 0.721. The molecule has 0 aromatic carbocycles. The molecule has 1 fully saturated rings. The SMILES string of the molecule is CCC(CC)CN1CCC(NC)C1=O. The van der Waals surface area contributed by atoms with Crippen LogP contribution in [-0.4, -0.2) is 37.0 Å². The van der Waals surface area contributed by atoms with Gasteiger partial charge in [0.15, 0.2) is 0 Å². The first kappa shape index (κ1) is 11.5. The Kier molecular flexibility index (Phi) is 4.39. The van der Waals surface area contributed by atoms with Crippen molar-refractivity contribution in [3.63, 3.8) is 0 Å². The van der Waals surface area contributed by atoms with Crippen LogP contribution in [0.3, 0.4) is 0 Å². The van der Waals surface area contributed by atoms with Crippen molar-refractivity contribution in [2.24, 2.45) is 5.92 Å². The van der Waals surface area contributed by atoms with E-state index >= 15 is 0 Å². The Morgan fingerprint density at radius 1 is 1.50 bits per heavy atom. The Labute approximate surface area is 86.9 Å². The number of carbonyl (C=O) groups excluding carboxylic acids is 1. The smallest absolute Gasteiger partial charge is 0.239 e. The molecular weight excluding hydrogens is 176 g/mol. The number of likely N-dealkylation sites (N-methyl/N-ethyl adjacent to an activating group) is 1. The fourth-order valence-electron chi connectivity index (χ4n) is 2.05. The number of likely N-dealkylation sites (tertiary alicyclic amines) is 1. The lowest BCUT2D eigenvalue weighted by molar-refractivity contribution is -0.129. The lowest BCUT2D eigenvalue weighted by Gasteiger charge is -2.22. The summed E-state index contributed by atoms with van der Waals surface area (Å²) < 4.78 is 0. The van der Waals surface area contributed by atoms with Crippen molar-refractivity contribution in [3.05, 3.63) is 0 Å². The summed E-state index contributed by atoms with van der Waals surface area (Å²) in [6, 6.07) is 0.0735. The third kappa shape index (κ3) is 2.47. The molecule has 0 radical (unpaired) electrons. The molecule has 0 bridgehead atoms. The lowest BCUT2D eigenvalue weighted by atomic mass is 10.0. The minimum atomic E-state index is 0.0735. The second-order valence-electron chi connectivity index (χ2n) is 4.10. The highest BCUT2D eigenvalue weighted by Gasteiger charge is 2.30. The van der Waals surface area contributed by atoms with Gasteiger partial charge in [-0.25, -0.2) is 0 Å². The summed E-state index contributed by atoms with van der Waals surface area (Å²) in [6.07, 6.45) is 3.31. The molecule has 82 valence electrons. The third-order valence-electron chi connectivity index (χ3n) is 3.28. The maximum atomic E-state index is 11.8. The summed E-state index contributed by atoms with van der Waals surface area (Å²) in [4.78, 5) is 13.8. The summed E-state index contributed by atoms with van der Waals surface area (Å²) in [5, 5.41) is 3.06. The number of nitrogens with zero attached hydrogens (tertiary/aromatic N) is 1. The molecule has 14 heavy (non-hydrogen) atoms. The van der Waals surface area contributed by atoms with Crippen LogP contribution in [-0.2, 0) is 4.79 Å². The van der Waals surface area contributed by atoms with Gasteiger partial charge in [-0.3, -0.25) is 4.79 Å². The van der Waals surface area contributed by atoms with E-state index in [0.717, 1.165) is 19.5 Å². The van der Waals surface area contributed by atoms with Gasteiger partial charge in [0.05, 0.1) is 6.04 Å². The van der Waals surface area contributed by atoms with Crippen molar-refractivity contribution in [2.45, 2.75) is 39.2 Å². The van der Waals surface area contributed by atoms with Crippen molar-refractivity contribution in [2.75, 3.05) is 20.1 Å². The van der Waals surface area contributed by atoms with Gasteiger partial charge in [-0.15, -0.1) is 0 Å². The molecule has 1 N–H and O–H groups in total. The van der Waals surface area contributed by atoms with Crippen LogP contribution in [0.4, 0.5) is 0 Å². The highest BCUT2D eigenvalue weighted by atomic mass is 16.2. The van der Waals surface area contributed by atoms with Crippen LogP contribution in [0.2, 0.25) is 0 Å². The fraction of sp³-hybridized carbons (Fsp3) is 0.909. The van der Waals surface area contributed by atoms with E-state index < -0.39 is 0 Å². The van der Waals surface area contributed by atoms with Crippen LogP contribution in [0.1, 0.15) is 33.1 Å². The Balaban J connectivity index is 2.43. The monoisotopic (exact) mass is 198 g/mol. The van der Waals surface area contributed by atoms with Gasteiger partial charge < -0.3 is 10.2 Å². The summed E-state index contributed by atoms with van der Waals surface area (Å²) in [5.74, 6) is 0.967. The highest BCUT2D eigenvalue weighted by molar-refractivity contribution is 5.83. The molecule has 0 saturated carbocycles. The minimum absolute atomic E-state index is 0.0735. The Morgan fingerprint density at radius 2 is 2.14 bits per heavy atom. The first-order valence-electron chi connectivity index (χ1n) is 5.68. The lowest BCUT2D eigenvalue weighted by Crippen LogP contribution is -2.38. The van der Waals surface area contributed by atoms with Gasteiger partial charge in [0.2, 0.25) is 5.91 Å². The van der Waals surface area contributed by atoms with Gasteiger partial charge in [-0.1, -0.05) is 26.7 Å². The molecule has 3 nitrogen and oxygen atoms in total. The van der Waals surface area contributed by atoms with E-state index in [1.54, 1.807) is 0 Å². The molecule has 0 aliphatic carbocycles. The zero-order valence-corrected chi connectivity index (χ0v) is 9.55. The van der Waals surface area contributed by atoms with Crippen LogP contribution in [0.15, 0.2) is 0 Å². The molecular formula is C11H22N2O. The van der Waals surface area contributed by atoms with Crippen LogP contribution >= 0.6 is 0 Å². The summed E-state index contributed by atoms with van der Waals surface area (Å²) in [6.45, 7) is 6.28. The largest absolute Gasteiger partial charge is 0.341 e. The number of rotatable bonds is 5. The Hall–Kier alpha value is -0.570. The van der Waals surface area contributed by atoms with Crippen molar-refractivity contribution in [3.8, 4) is 0 Å². The average Bonchev–Trinajstić information content (AvgIpc) is 2.56. The Bertz CT molecular complexity index is 190. The third-order valence-corrected chi connectivity index (χ3v) is 3.28. The van der Waals surface area contributed by atoms with Gasteiger partial charge in [0.25, 0.3) is 0 Å². The molecule has 0 spiro atoms. The highest BCUT2D eigenvalue weighted by Crippen LogP contribution is 2.16. The maximum absolute atomic E-state index is 11.8. The van der Waals surface area contributed by atoms with E-state index in [1.165, 1.54) is 12.8 Å². The van der Waals surface area contributed by atoms with Crippen LogP contribution in [0.5, 0.6) is 0 Å². The molecule has 3 heteroatoms. The number of hydrogen-bond acceptors (Lipinski definition) is 2. The molecule has 1 heterocycles. The van der Waals surface area contributed by atoms with E-state index in [0.29, 0.717) is 11.8 Å². The van der Waals surface area contributed by atoms with Crippen molar-refractivity contribution < 1.29 is 4.79 Å². The molecule has 1 amide bonds. The topological polar surface area (TPSA) is 32.3 Å². The first-order chi connectivity index (χ1) is 6.72. The molecule has 1 saturated heterocycles. The molecule has 1 rings (SSSR count). The van der Waals surface area contributed by atoms with Crippen molar-refractivity contribution in [1.82, 2.24) is 10.2 Å². The van der Waals surface area contributed by atoms with E-state index in [4.69, 9.17) is 0 Å². The molecule has 1 aliphatic rings. The van der Waals surface area contributed by atoms with Crippen LogP contribution in [0, 0.1) is 5.92 Å². The van der Waals surface area contributed by atoms with E-state index in [2.05, 4.69) is 19.2 Å². The molecule has 0 aromatic rings. The molecule has 1 unspecified atom stereocenters. The molecule has 1 atom stereocenters. The number of carbonyl (C=O) groups is 1. The van der Waals surface area contributed by atoms with Gasteiger partial charge >= 0.3 is 0 Å². The maximum Gasteiger partial charge on any atom is 0.239 e. The van der Waals surface area contributed by atoms with E-state index in [-0.39, 0.29) is 6.04 Å². The number of nitrogens with one attached hydrogen (secondary N) is 1. The fourth-order valence-corrected chi connectivity index (χ4v) is 2.05. The van der Waals surface area contributed by atoms with Gasteiger partial charge in [0, 0.05) is 13.1 Å². The predicted molar refractivity (Wildman–Crippen MR) is 58.1 cm³/mol. The second kappa shape index (κ2) is 5.35. The first-order valence-corrected chi connectivity index (χ1v) is 5.68. The zero-order valence-electron chi connectivity index (χ0n) is 9.55. The molecule has 0 aromatic heterocycles. The average molecular weight is 198 g/mol. The number of amides is 1. The summed E-state index contributed by atoms with van der Waals surface area (Å²) in [7, 11) is 1.86. The van der Waals surface area contributed by atoms with Gasteiger partial charge in [0.1, 0.15) is 0 Å². The Morgan fingerprint density at radius 3 is 2.57 bits per heavy atom. The van der Waals surface area contributed by atoms with Crippen LogP contribution in [0.25, 0.3) is 0 Å². The second-order valence-corrected chi connectivity index (χ2v) is 4.10. The van der Waals surface area contributed by atoms with E-state index in [1.807, 2.05) is 11.9 Å². The standard InChI is InChI=1S/C11H22N2O/c1-4-9(5-2)8-13-7-6-10(12-3)11(13)14/h9-10,12H,4-8H2,1-3H3. The summed E-state index contributed by atoms with van der Waals surface area (Å²) in [5.41, 5.74) is 0. The van der Waals surface area contributed by atoms with E-state index in [9.17, 15) is 4.79 Å². The van der Waals surface area contributed by atoms with Crippen LogP contribution < -0.4 is 5.32 Å². The normalized spacial score (nSPS) is 22.4. The molecule has 1 aliphatic heterocycles. The predicted octanol–water partition coefficient (Wildman–Crippen LogP) is 1.24. The van der Waals surface area contributed by atoms with Gasteiger partial charge in [-0.2, -0.15) is 0 Å². The van der Waals surface area contributed by atoms with Crippen molar-refractivity contribution in [1.29, 1.82) is 0 Å². The summed E-state index contributed by atoms with van der Waals surface area (Å²) >= 11 is 0. The van der Waals surface area contributed by atoms with Gasteiger partial charge in [-0.05, 0) is 19.4 Å². The minimum Gasteiger partial charge on any atom is -0.341 e. The number of hydrogen-bond donors (Lipinski definition) is 1.